The zero-order chi connectivity index (χ0) is 33.0. The number of para-hydroxylation sites is 4. The van der Waals surface area contributed by atoms with E-state index in [2.05, 4.69) is 168 Å². The summed E-state index contributed by atoms with van der Waals surface area (Å²) in [6, 6.07) is 63.8. The van der Waals surface area contributed by atoms with Crippen LogP contribution in [0, 0.1) is 0 Å². The lowest BCUT2D eigenvalue weighted by Gasteiger charge is -2.29. The fourth-order valence-corrected chi connectivity index (χ4v) is 7.34. The molecule has 0 saturated heterocycles. The van der Waals surface area contributed by atoms with Crippen LogP contribution in [0.15, 0.2) is 191 Å². The van der Waals surface area contributed by atoms with Crippen molar-refractivity contribution < 1.29 is 8.83 Å². The van der Waals surface area contributed by atoms with Gasteiger partial charge in [0.05, 0.1) is 0 Å². The van der Waals surface area contributed by atoms with E-state index in [1.54, 1.807) is 0 Å². The van der Waals surface area contributed by atoms with Gasteiger partial charge in [0, 0.05) is 55.7 Å². The molecule has 0 atom stereocenters. The number of hydrogen-bond acceptors (Lipinski definition) is 4. The predicted octanol–water partition coefficient (Wildman–Crippen LogP) is 13.6. The Morgan fingerprint density at radius 2 is 0.740 bits per heavy atom. The second kappa shape index (κ2) is 11.4. The van der Waals surface area contributed by atoms with Crippen molar-refractivity contribution in [2.45, 2.75) is 0 Å². The van der Waals surface area contributed by atoms with Gasteiger partial charge in [0.15, 0.2) is 0 Å². The molecule has 0 unspecified atom stereocenters. The zero-order valence-corrected chi connectivity index (χ0v) is 27.0. The average Bonchev–Trinajstić information content (AvgIpc) is 3.75. The third-order valence-electron chi connectivity index (χ3n) is 9.59. The molecule has 0 aliphatic heterocycles. The second-order valence-corrected chi connectivity index (χ2v) is 12.6. The summed E-state index contributed by atoms with van der Waals surface area (Å²) < 4.78 is 12.5. The first-order valence-electron chi connectivity index (χ1n) is 16.8. The smallest absolute Gasteiger partial charge is 0.136 e. The van der Waals surface area contributed by atoms with Crippen LogP contribution in [0.3, 0.4) is 0 Å². The molecule has 0 spiro atoms. The molecule has 50 heavy (non-hydrogen) atoms. The maximum Gasteiger partial charge on any atom is 0.136 e. The van der Waals surface area contributed by atoms with Gasteiger partial charge < -0.3 is 18.6 Å². The summed E-state index contributed by atoms with van der Waals surface area (Å²) in [6.07, 6.45) is 0. The molecule has 0 radical (unpaired) electrons. The average molecular weight is 643 g/mol. The summed E-state index contributed by atoms with van der Waals surface area (Å²) >= 11 is 0. The Morgan fingerprint density at radius 3 is 1.44 bits per heavy atom. The van der Waals surface area contributed by atoms with Gasteiger partial charge in [0.2, 0.25) is 0 Å². The van der Waals surface area contributed by atoms with Gasteiger partial charge in [-0.05, 0) is 102 Å². The van der Waals surface area contributed by atoms with Crippen molar-refractivity contribution in [3.05, 3.63) is 182 Å². The van der Waals surface area contributed by atoms with E-state index in [-0.39, 0.29) is 0 Å². The van der Waals surface area contributed by atoms with E-state index in [0.29, 0.717) is 0 Å². The van der Waals surface area contributed by atoms with Gasteiger partial charge in [0.25, 0.3) is 0 Å². The Hall–Kier alpha value is -6.78. The highest BCUT2D eigenvalue weighted by Crippen LogP contribution is 2.43. The predicted molar refractivity (Wildman–Crippen MR) is 208 cm³/mol. The molecule has 4 nitrogen and oxygen atoms in total. The van der Waals surface area contributed by atoms with Crippen molar-refractivity contribution in [1.29, 1.82) is 0 Å². The van der Waals surface area contributed by atoms with E-state index in [1.807, 2.05) is 24.3 Å². The summed E-state index contributed by atoms with van der Waals surface area (Å²) in [5.74, 6) is 0. The van der Waals surface area contributed by atoms with Gasteiger partial charge in [-0.2, -0.15) is 0 Å². The summed E-state index contributed by atoms with van der Waals surface area (Å²) in [6.45, 7) is 0. The Morgan fingerprint density at radius 1 is 0.280 bits per heavy atom. The molecule has 10 aromatic rings. The van der Waals surface area contributed by atoms with Gasteiger partial charge in [-0.15, -0.1) is 0 Å². The molecule has 0 amide bonds. The molecule has 0 aliphatic carbocycles. The van der Waals surface area contributed by atoms with Crippen LogP contribution in [-0.4, -0.2) is 0 Å². The standard InChI is InChI=1S/C46H30N2O2/c1-3-12-32(13-4-1)47(36-24-22-31-23-26-45-46(40(31)29-36)39-19-8-10-21-43(39)50-45)34-16-11-17-35(28-34)48(33-14-5-2-6-15-33)37-25-27-44-41(30-37)38-18-7-9-20-42(38)49-44/h1-30H. The van der Waals surface area contributed by atoms with Crippen LogP contribution in [0.1, 0.15) is 0 Å². The SMILES string of the molecule is c1ccc(N(c2cccc(N(c3ccccc3)c3ccc4ccc5oc6ccccc6c5c4c3)c2)c2ccc3oc4ccccc4c3c2)cc1. The minimum Gasteiger partial charge on any atom is -0.456 e. The quantitative estimate of drug-likeness (QED) is 0.181. The fraction of sp³-hybridized carbons (Fsp3) is 0. The lowest BCUT2D eigenvalue weighted by molar-refractivity contribution is 0.668. The van der Waals surface area contributed by atoms with Crippen LogP contribution < -0.4 is 9.80 Å². The number of fused-ring (bicyclic) bond motifs is 8. The second-order valence-electron chi connectivity index (χ2n) is 12.6. The van der Waals surface area contributed by atoms with Gasteiger partial charge in [-0.1, -0.05) is 91.0 Å². The summed E-state index contributed by atoms with van der Waals surface area (Å²) in [4.78, 5) is 4.65. The molecule has 0 aliphatic rings. The topological polar surface area (TPSA) is 32.8 Å². The van der Waals surface area contributed by atoms with Gasteiger partial charge in [-0.25, -0.2) is 0 Å². The first-order chi connectivity index (χ1) is 24.8. The molecule has 10 rings (SSSR count). The molecular weight excluding hydrogens is 613 g/mol. The summed E-state index contributed by atoms with van der Waals surface area (Å²) in [5.41, 5.74) is 9.92. The molecule has 0 saturated carbocycles. The number of rotatable bonds is 6. The normalized spacial score (nSPS) is 11.6. The molecule has 2 heterocycles. The summed E-state index contributed by atoms with van der Waals surface area (Å²) in [5, 5.41) is 6.80. The van der Waals surface area contributed by atoms with E-state index in [0.717, 1.165) is 83.4 Å². The van der Waals surface area contributed by atoms with Crippen LogP contribution in [-0.2, 0) is 0 Å². The van der Waals surface area contributed by atoms with Crippen molar-refractivity contribution in [2.24, 2.45) is 0 Å². The molecule has 4 heteroatoms. The molecule has 8 aromatic carbocycles. The molecular formula is C46H30N2O2. The van der Waals surface area contributed by atoms with Crippen LogP contribution in [0.25, 0.3) is 54.6 Å². The lowest BCUT2D eigenvalue weighted by atomic mass is 10.0. The first kappa shape index (κ1) is 28.3. The Labute approximate surface area is 288 Å². The molecule has 0 bridgehead atoms. The molecule has 0 N–H and O–H groups in total. The molecule has 2 aromatic heterocycles. The van der Waals surface area contributed by atoms with Gasteiger partial charge in [-0.3, -0.25) is 0 Å². The highest BCUT2D eigenvalue weighted by atomic mass is 16.3. The number of benzene rings is 8. The van der Waals surface area contributed by atoms with Crippen LogP contribution in [0.4, 0.5) is 34.1 Å². The highest BCUT2D eigenvalue weighted by Gasteiger charge is 2.19. The lowest BCUT2D eigenvalue weighted by Crippen LogP contribution is -2.13. The summed E-state index contributed by atoms with van der Waals surface area (Å²) in [7, 11) is 0. The van der Waals surface area contributed by atoms with Crippen LogP contribution in [0.5, 0.6) is 0 Å². The fourth-order valence-electron chi connectivity index (χ4n) is 7.34. The molecule has 236 valence electrons. The van der Waals surface area contributed by atoms with Gasteiger partial charge >= 0.3 is 0 Å². The van der Waals surface area contributed by atoms with E-state index in [9.17, 15) is 0 Å². The number of nitrogens with zero attached hydrogens (tertiary/aromatic N) is 2. The van der Waals surface area contributed by atoms with Crippen molar-refractivity contribution in [3.63, 3.8) is 0 Å². The Bertz CT molecular complexity index is 2840. The van der Waals surface area contributed by atoms with E-state index >= 15 is 0 Å². The minimum absolute atomic E-state index is 0.878. The van der Waals surface area contributed by atoms with Crippen molar-refractivity contribution in [2.75, 3.05) is 9.80 Å². The van der Waals surface area contributed by atoms with E-state index in [1.165, 1.54) is 5.39 Å². The van der Waals surface area contributed by atoms with Crippen LogP contribution >= 0.6 is 0 Å². The van der Waals surface area contributed by atoms with Crippen molar-refractivity contribution in [3.8, 4) is 0 Å². The number of furan rings is 2. The van der Waals surface area contributed by atoms with Gasteiger partial charge in [0.1, 0.15) is 22.3 Å². The van der Waals surface area contributed by atoms with E-state index in [4.69, 9.17) is 8.83 Å². The highest BCUT2D eigenvalue weighted by molar-refractivity contribution is 6.19. The third-order valence-corrected chi connectivity index (χ3v) is 9.59. The molecule has 0 fully saturated rings. The Kier molecular flexibility index (Phi) is 6.46. The Balaban J connectivity index is 1.16. The van der Waals surface area contributed by atoms with E-state index < -0.39 is 0 Å². The maximum absolute atomic E-state index is 6.28. The van der Waals surface area contributed by atoms with Crippen LogP contribution in [0.2, 0.25) is 0 Å². The minimum atomic E-state index is 0.878. The zero-order valence-electron chi connectivity index (χ0n) is 27.0. The first-order valence-corrected chi connectivity index (χ1v) is 16.8. The number of hydrogen-bond donors (Lipinski definition) is 0. The largest absolute Gasteiger partial charge is 0.456 e. The van der Waals surface area contributed by atoms with Crippen molar-refractivity contribution >= 4 is 88.8 Å². The maximum atomic E-state index is 6.28. The number of anilines is 6. The van der Waals surface area contributed by atoms with Crippen molar-refractivity contribution in [1.82, 2.24) is 0 Å². The monoisotopic (exact) mass is 642 g/mol. The third kappa shape index (κ3) is 4.61.